The first kappa shape index (κ1) is 16.8. The van der Waals surface area contributed by atoms with E-state index in [4.69, 9.17) is 9.47 Å². The maximum Gasteiger partial charge on any atom is 0.232 e. The van der Waals surface area contributed by atoms with Gasteiger partial charge in [-0.3, -0.25) is 4.79 Å². The zero-order chi connectivity index (χ0) is 19.5. The Hall–Kier alpha value is -3.12. The Kier molecular flexibility index (Phi) is 3.59. The van der Waals surface area contributed by atoms with Gasteiger partial charge in [0.2, 0.25) is 5.78 Å². The fourth-order valence-electron chi connectivity index (χ4n) is 4.71. The van der Waals surface area contributed by atoms with Gasteiger partial charge in [0.1, 0.15) is 11.4 Å². The van der Waals surface area contributed by atoms with Crippen LogP contribution in [-0.4, -0.2) is 40.6 Å². The molecule has 29 heavy (non-hydrogen) atoms. The summed E-state index contributed by atoms with van der Waals surface area (Å²) in [6.45, 7) is 1.77. The van der Waals surface area contributed by atoms with E-state index >= 15 is 0 Å². The molecule has 0 aliphatic carbocycles. The third-order valence-corrected chi connectivity index (χ3v) is 6.02. The van der Waals surface area contributed by atoms with Gasteiger partial charge in [0, 0.05) is 43.5 Å². The van der Waals surface area contributed by atoms with Crippen LogP contribution in [0.2, 0.25) is 0 Å². The molecule has 3 aromatic rings. The molecule has 2 unspecified atom stereocenters. The first-order valence-corrected chi connectivity index (χ1v) is 9.97. The van der Waals surface area contributed by atoms with Gasteiger partial charge in [-0.1, -0.05) is 12.1 Å². The molecule has 6 heteroatoms. The van der Waals surface area contributed by atoms with Crippen LogP contribution in [0.1, 0.15) is 28.8 Å². The number of ketones is 1. The number of carbonyl (C=O) groups excluding carboxylic acids is 1. The molecule has 3 aliphatic rings. The molecule has 6 nitrogen and oxygen atoms in total. The molecule has 3 aliphatic heterocycles. The zero-order valence-electron chi connectivity index (χ0n) is 16.1. The van der Waals surface area contributed by atoms with Gasteiger partial charge in [0.25, 0.3) is 0 Å². The number of pyridine rings is 1. The molecule has 6 rings (SSSR count). The third-order valence-electron chi connectivity index (χ3n) is 6.02. The second-order valence-electron chi connectivity index (χ2n) is 7.94. The average molecular weight is 386 g/mol. The fraction of sp³-hybridized carbons (Fsp3) is 0.304. The lowest BCUT2D eigenvalue weighted by atomic mass is 10.1. The highest BCUT2D eigenvalue weighted by atomic mass is 16.5. The van der Waals surface area contributed by atoms with Crippen LogP contribution in [0.4, 0.5) is 5.69 Å². The van der Waals surface area contributed by atoms with E-state index in [2.05, 4.69) is 22.0 Å². The van der Waals surface area contributed by atoms with Crippen LogP contribution >= 0.6 is 0 Å². The Bertz CT molecular complexity index is 1170. The van der Waals surface area contributed by atoms with Crippen LogP contribution in [0.25, 0.3) is 17.1 Å². The predicted molar refractivity (Wildman–Crippen MR) is 109 cm³/mol. The Balaban J connectivity index is 1.46. The number of morpholine rings is 1. The number of allylic oxidation sites excluding steroid dienone is 1. The van der Waals surface area contributed by atoms with Gasteiger partial charge in [-0.25, -0.2) is 4.98 Å². The number of anilines is 1. The minimum Gasteiger partial charge on any atom is -0.452 e. The molecule has 0 spiro atoms. The molecule has 2 aromatic heterocycles. The summed E-state index contributed by atoms with van der Waals surface area (Å²) in [6.07, 6.45) is 8.54. The van der Waals surface area contributed by atoms with E-state index in [1.54, 1.807) is 12.1 Å². The maximum absolute atomic E-state index is 12.8. The van der Waals surface area contributed by atoms with Gasteiger partial charge in [-0.2, -0.15) is 0 Å². The van der Waals surface area contributed by atoms with Crippen molar-refractivity contribution in [2.45, 2.75) is 25.0 Å². The first-order valence-electron chi connectivity index (χ1n) is 9.97. The molecule has 1 radical (unpaired) electrons. The maximum atomic E-state index is 12.8. The van der Waals surface area contributed by atoms with Crippen molar-refractivity contribution in [3.8, 4) is 5.75 Å². The molecule has 5 heterocycles. The molecule has 2 fully saturated rings. The van der Waals surface area contributed by atoms with Gasteiger partial charge in [-0.05, 0) is 37.1 Å². The number of nitrogens with zero attached hydrogens (tertiary/aromatic N) is 3. The summed E-state index contributed by atoms with van der Waals surface area (Å²) in [5, 5.41) is 1.04. The lowest BCUT2D eigenvalue weighted by molar-refractivity contribution is 0.0306. The van der Waals surface area contributed by atoms with Crippen molar-refractivity contribution in [3.05, 3.63) is 59.6 Å². The summed E-state index contributed by atoms with van der Waals surface area (Å²) in [4.78, 5) is 19.7. The number of aromatic nitrogens is 2. The van der Waals surface area contributed by atoms with Gasteiger partial charge >= 0.3 is 0 Å². The number of Topliss-reactive ketones (excluding diaryl/α,β-unsaturated/α-hetero) is 1. The van der Waals surface area contributed by atoms with Crippen molar-refractivity contribution in [2.24, 2.45) is 7.05 Å². The minimum absolute atomic E-state index is 0.132. The van der Waals surface area contributed by atoms with Crippen LogP contribution < -0.4 is 9.64 Å². The molecular weight excluding hydrogens is 366 g/mol. The number of fused-ring (bicyclic) bond motifs is 4. The quantitative estimate of drug-likeness (QED) is 0.632. The number of ether oxygens (including phenoxy) is 2. The van der Waals surface area contributed by atoms with E-state index in [1.807, 2.05) is 36.2 Å². The number of hydrogen-bond acceptors (Lipinski definition) is 5. The average Bonchev–Trinajstić information content (AvgIpc) is 3.36. The molecule has 0 saturated carbocycles. The zero-order valence-corrected chi connectivity index (χ0v) is 16.1. The second kappa shape index (κ2) is 6.19. The van der Waals surface area contributed by atoms with Crippen LogP contribution in [0.5, 0.6) is 5.75 Å². The number of benzene rings is 1. The van der Waals surface area contributed by atoms with Crippen LogP contribution in [0.15, 0.2) is 42.4 Å². The third kappa shape index (κ3) is 2.59. The number of rotatable bonds is 2. The van der Waals surface area contributed by atoms with Crippen LogP contribution in [-0.2, 0) is 11.8 Å². The summed E-state index contributed by atoms with van der Waals surface area (Å²) in [5.41, 5.74) is 3.45. The standard InChI is InChI=1S/C23H20N3O3/c1-25-11-14(10-20-22(27)17-4-2-3-5-19(17)29-20)21-18(8-9-24-23(21)25)26-12-15-6-7-16(13-26)28-15/h2-3,5,8-11,15-16H,6-7,12-13H2,1H3. The molecule has 1 aromatic carbocycles. The van der Waals surface area contributed by atoms with Gasteiger partial charge in [0.15, 0.2) is 5.76 Å². The number of aryl methyl sites for hydroxylation is 1. The van der Waals surface area contributed by atoms with E-state index in [9.17, 15) is 4.79 Å². The minimum atomic E-state index is -0.132. The highest BCUT2D eigenvalue weighted by molar-refractivity contribution is 6.15. The second-order valence-corrected chi connectivity index (χ2v) is 7.94. The van der Waals surface area contributed by atoms with E-state index in [0.29, 0.717) is 29.3 Å². The summed E-state index contributed by atoms with van der Waals surface area (Å²) < 4.78 is 13.8. The molecule has 2 saturated heterocycles. The lowest BCUT2D eigenvalue weighted by Gasteiger charge is -2.34. The van der Waals surface area contributed by atoms with Gasteiger partial charge < -0.3 is 18.9 Å². The SMILES string of the molecule is Cn1cc(C=C2Oc3ccc[c]c3C2=O)c2c(N3CC4CCC(C3)O4)ccnc21. The highest BCUT2D eigenvalue weighted by Gasteiger charge is 2.35. The largest absolute Gasteiger partial charge is 0.452 e. The lowest BCUT2D eigenvalue weighted by Crippen LogP contribution is -2.42. The van der Waals surface area contributed by atoms with Crippen molar-refractivity contribution in [2.75, 3.05) is 18.0 Å². The summed E-state index contributed by atoms with van der Waals surface area (Å²) >= 11 is 0. The highest BCUT2D eigenvalue weighted by Crippen LogP contribution is 2.37. The predicted octanol–water partition coefficient (Wildman–Crippen LogP) is 3.36. The Labute approximate surface area is 168 Å². The molecule has 2 atom stereocenters. The van der Waals surface area contributed by atoms with Crippen molar-refractivity contribution in [1.82, 2.24) is 9.55 Å². The molecular formula is C23H20N3O3. The first-order chi connectivity index (χ1) is 14.2. The summed E-state index contributed by atoms with van der Waals surface area (Å²) in [5.74, 6) is 0.756. The normalized spacial score (nSPS) is 24.4. The topological polar surface area (TPSA) is 56.6 Å². The van der Waals surface area contributed by atoms with Crippen molar-refractivity contribution < 1.29 is 14.3 Å². The molecule has 2 bridgehead atoms. The van der Waals surface area contributed by atoms with Crippen molar-refractivity contribution in [3.63, 3.8) is 0 Å². The smallest absolute Gasteiger partial charge is 0.232 e. The van der Waals surface area contributed by atoms with Gasteiger partial charge in [0.05, 0.1) is 23.5 Å². The number of carbonyl (C=O) groups is 1. The van der Waals surface area contributed by atoms with Crippen LogP contribution in [0.3, 0.4) is 0 Å². The Morgan fingerprint density at radius 3 is 2.86 bits per heavy atom. The monoisotopic (exact) mass is 386 g/mol. The van der Waals surface area contributed by atoms with E-state index < -0.39 is 0 Å². The van der Waals surface area contributed by atoms with Crippen LogP contribution in [0, 0.1) is 6.07 Å². The van der Waals surface area contributed by atoms with E-state index in [0.717, 1.165) is 48.2 Å². The van der Waals surface area contributed by atoms with E-state index in [-0.39, 0.29) is 5.78 Å². The van der Waals surface area contributed by atoms with Crippen molar-refractivity contribution >= 4 is 28.6 Å². The van der Waals surface area contributed by atoms with Gasteiger partial charge in [-0.15, -0.1) is 0 Å². The van der Waals surface area contributed by atoms with Crippen molar-refractivity contribution in [1.29, 1.82) is 0 Å². The summed E-state index contributed by atoms with van der Waals surface area (Å²) in [7, 11) is 1.98. The Morgan fingerprint density at radius 1 is 1.24 bits per heavy atom. The molecule has 0 amide bonds. The van der Waals surface area contributed by atoms with E-state index in [1.165, 1.54) is 0 Å². The molecule has 145 valence electrons. The summed E-state index contributed by atoms with van der Waals surface area (Å²) in [6, 6.07) is 10.4. The molecule has 0 N–H and O–H groups in total. The number of hydrogen-bond donors (Lipinski definition) is 0. The Morgan fingerprint density at radius 2 is 2.07 bits per heavy atom. The fourth-order valence-corrected chi connectivity index (χ4v) is 4.71.